The Hall–Kier alpha value is -2.50. The van der Waals surface area contributed by atoms with Crippen molar-refractivity contribution in [2.45, 2.75) is 32.7 Å². The molecule has 0 unspecified atom stereocenters. The SMILES string of the molecule is CCc1cnc(CNc2cc3c(cc2N)CCC(=O)N3)o1. The van der Waals surface area contributed by atoms with Crippen LogP contribution in [0.1, 0.15) is 30.6 Å². The maximum absolute atomic E-state index is 11.4. The fourth-order valence-corrected chi connectivity index (χ4v) is 2.36. The maximum atomic E-state index is 11.4. The van der Waals surface area contributed by atoms with Crippen molar-refractivity contribution in [2.75, 3.05) is 16.4 Å². The van der Waals surface area contributed by atoms with E-state index in [-0.39, 0.29) is 5.91 Å². The van der Waals surface area contributed by atoms with Gasteiger partial charge in [-0.15, -0.1) is 0 Å². The molecule has 0 atom stereocenters. The minimum Gasteiger partial charge on any atom is -0.444 e. The fraction of sp³-hybridized carbons (Fsp3) is 0.333. The zero-order valence-corrected chi connectivity index (χ0v) is 11.9. The highest BCUT2D eigenvalue weighted by Gasteiger charge is 2.16. The van der Waals surface area contributed by atoms with Crippen LogP contribution in [0.2, 0.25) is 0 Å². The number of nitrogens with one attached hydrogen (secondary N) is 2. The van der Waals surface area contributed by atoms with E-state index in [1.807, 2.05) is 19.1 Å². The number of aromatic nitrogens is 1. The van der Waals surface area contributed by atoms with Crippen LogP contribution in [0.25, 0.3) is 0 Å². The Morgan fingerprint density at radius 1 is 1.43 bits per heavy atom. The third-order valence-electron chi connectivity index (χ3n) is 3.55. The van der Waals surface area contributed by atoms with Gasteiger partial charge in [0, 0.05) is 18.5 Å². The van der Waals surface area contributed by atoms with Crippen LogP contribution in [-0.2, 0) is 24.2 Å². The smallest absolute Gasteiger partial charge is 0.224 e. The van der Waals surface area contributed by atoms with Crippen molar-refractivity contribution in [1.29, 1.82) is 0 Å². The van der Waals surface area contributed by atoms with Crippen LogP contribution >= 0.6 is 0 Å². The molecule has 0 bridgehead atoms. The molecule has 1 aromatic heterocycles. The quantitative estimate of drug-likeness (QED) is 0.750. The maximum Gasteiger partial charge on any atom is 0.224 e. The molecule has 21 heavy (non-hydrogen) atoms. The first-order chi connectivity index (χ1) is 10.2. The molecule has 1 aromatic carbocycles. The standard InChI is InChI=1S/C15H18N4O2/c1-2-10-7-18-15(21-10)8-17-13-6-12-9(5-11(13)16)3-4-14(20)19-12/h5-7,17H,2-4,8,16H2,1H3,(H,19,20). The molecule has 110 valence electrons. The number of hydrogen-bond acceptors (Lipinski definition) is 5. The number of nitrogens with two attached hydrogens (primary N) is 1. The number of carbonyl (C=O) groups excluding carboxylic acids is 1. The number of anilines is 3. The number of amides is 1. The van der Waals surface area contributed by atoms with E-state index in [9.17, 15) is 4.79 Å². The molecule has 2 aromatic rings. The molecular weight excluding hydrogens is 268 g/mol. The summed E-state index contributed by atoms with van der Waals surface area (Å²) in [5.41, 5.74) is 9.37. The summed E-state index contributed by atoms with van der Waals surface area (Å²) in [7, 11) is 0. The van der Waals surface area contributed by atoms with E-state index in [1.165, 1.54) is 0 Å². The van der Waals surface area contributed by atoms with Crippen molar-refractivity contribution in [2.24, 2.45) is 0 Å². The van der Waals surface area contributed by atoms with Crippen molar-refractivity contribution in [3.8, 4) is 0 Å². The van der Waals surface area contributed by atoms with Crippen LogP contribution < -0.4 is 16.4 Å². The summed E-state index contributed by atoms with van der Waals surface area (Å²) in [6.07, 6.45) is 3.79. The highest BCUT2D eigenvalue weighted by molar-refractivity contribution is 5.95. The van der Waals surface area contributed by atoms with Gasteiger partial charge in [0.1, 0.15) is 5.76 Å². The third kappa shape index (κ3) is 2.84. The average molecular weight is 286 g/mol. The predicted molar refractivity (Wildman–Crippen MR) is 81.0 cm³/mol. The highest BCUT2D eigenvalue weighted by atomic mass is 16.4. The van der Waals surface area contributed by atoms with Crippen LogP contribution in [0.4, 0.5) is 17.1 Å². The summed E-state index contributed by atoms with van der Waals surface area (Å²) in [5.74, 6) is 1.52. The number of oxazole rings is 1. The van der Waals surface area contributed by atoms with Gasteiger partial charge in [-0.2, -0.15) is 0 Å². The molecule has 4 N–H and O–H groups in total. The summed E-state index contributed by atoms with van der Waals surface area (Å²) < 4.78 is 5.54. The summed E-state index contributed by atoms with van der Waals surface area (Å²) >= 11 is 0. The zero-order chi connectivity index (χ0) is 14.8. The Balaban J connectivity index is 1.76. The highest BCUT2D eigenvalue weighted by Crippen LogP contribution is 2.31. The number of hydrogen-bond donors (Lipinski definition) is 3. The van der Waals surface area contributed by atoms with Crippen molar-refractivity contribution >= 4 is 23.0 Å². The topological polar surface area (TPSA) is 93.2 Å². The molecule has 1 amide bonds. The molecule has 0 saturated heterocycles. The van der Waals surface area contributed by atoms with Crippen molar-refractivity contribution in [3.63, 3.8) is 0 Å². The number of benzene rings is 1. The van der Waals surface area contributed by atoms with Gasteiger partial charge in [-0.05, 0) is 24.1 Å². The molecule has 6 heteroatoms. The van der Waals surface area contributed by atoms with E-state index in [2.05, 4.69) is 15.6 Å². The minimum absolute atomic E-state index is 0.0403. The average Bonchev–Trinajstić information content (AvgIpc) is 2.93. The summed E-state index contributed by atoms with van der Waals surface area (Å²) in [6.45, 7) is 2.47. The number of carbonyl (C=O) groups is 1. The molecule has 0 saturated carbocycles. The van der Waals surface area contributed by atoms with E-state index in [4.69, 9.17) is 10.2 Å². The number of aryl methyl sites for hydroxylation is 2. The van der Waals surface area contributed by atoms with Crippen LogP contribution in [0.15, 0.2) is 22.7 Å². The lowest BCUT2D eigenvalue weighted by Gasteiger charge is -2.19. The summed E-state index contributed by atoms with van der Waals surface area (Å²) in [4.78, 5) is 15.6. The number of nitrogens with zero attached hydrogens (tertiary/aromatic N) is 1. The Labute approximate surface area is 122 Å². The first-order valence-electron chi connectivity index (χ1n) is 7.05. The monoisotopic (exact) mass is 286 g/mol. The van der Waals surface area contributed by atoms with Gasteiger partial charge in [-0.3, -0.25) is 4.79 Å². The van der Waals surface area contributed by atoms with E-state index in [0.717, 1.165) is 35.5 Å². The second-order valence-corrected chi connectivity index (χ2v) is 5.07. The zero-order valence-electron chi connectivity index (χ0n) is 11.9. The fourth-order valence-electron chi connectivity index (χ4n) is 2.36. The molecule has 6 nitrogen and oxygen atoms in total. The Kier molecular flexibility index (Phi) is 3.51. The normalized spacial score (nSPS) is 13.7. The molecule has 0 fully saturated rings. The van der Waals surface area contributed by atoms with Crippen LogP contribution in [-0.4, -0.2) is 10.9 Å². The molecule has 0 radical (unpaired) electrons. The van der Waals surface area contributed by atoms with Gasteiger partial charge in [0.25, 0.3) is 0 Å². The largest absolute Gasteiger partial charge is 0.444 e. The molecule has 1 aliphatic rings. The number of nitrogen functional groups attached to an aromatic ring is 1. The molecule has 0 aliphatic carbocycles. The second-order valence-electron chi connectivity index (χ2n) is 5.07. The van der Waals surface area contributed by atoms with Crippen LogP contribution in [0.3, 0.4) is 0 Å². The lowest BCUT2D eigenvalue weighted by Crippen LogP contribution is -2.19. The van der Waals surface area contributed by atoms with E-state index in [0.29, 0.717) is 24.5 Å². The predicted octanol–water partition coefficient (Wildman–Crippen LogP) is 2.32. The molecule has 2 heterocycles. The van der Waals surface area contributed by atoms with E-state index in [1.54, 1.807) is 6.20 Å². The van der Waals surface area contributed by atoms with Crippen molar-refractivity contribution in [3.05, 3.63) is 35.5 Å². The lowest BCUT2D eigenvalue weighted by atomic mass is 10.0. The Morgan fingerprint density at radius 2 is 2.29 bits per heavy atom. The second kappa shape index (κ2) is 5.47. The first-order valence-corrected chi connectivity index (χ1v) is 7.05. The van der Waals surface area contributed by atoms with Gasteiger partial charge in [0.05, 0.1) is 24.1 Å². The third-order valence-corrected chi connectivity index (χ3v) is 3.55. The van der Waals surface area contributed by atoms with Gasteiger partial charge in [0.15, 0.2) is 0 Å². The van der Waals surface area contributed by atoms with Crippen molar-refractivity contribution in [1.82, 2.24) is 4.98 Å². The summed E-state index contributed by atoms with van der Waals surface area (Å²) in [5, 5.41) is 6.06. The van der Waals surface area contributed by atoms with E-state index < -0.39 is 0 Å². The molecule has 1 aliphatic heterocycles. The summed E-state index contributed by atoms with van der Waals surface area (Å²) in [6, 6.07) is 3.77. The van der Waals surface area contributed by atoms with Crippen molar-refractivity contribution < 1.29 is 9.21 Å². The minimum atomic E-state index is 0.0403. The van der Waals surface area contributed by atoms with Gasteiger partial charge >= 0.3 is 0 Å². The molecular formula is C15H18N4O2. The van der Waals surface area contributed by atoms with Crippen LogP contribution in [0, 0.1) is 0 Å². The Morgan fingerprint density at radius 3 is 3.05 bits per heavy atom. The number of rotatable bonds is 4. The lowest BCUT2D eigenvalue weighted by molar-refractivity contribution is -0.116. The van der Waals surface area contributed by atoms with Gasteiger partial charge in [-0.1, -0.05) is 6.92 Å². The number of fused-ring (bicyclic) bond motifs is 1. The van der Waals surface area contributed by atoms with Gasteiger partial charge in [-0.25, -0.2) is 4.98 Å². The molecule has 3 rings (SSSR count). The van der Waals surface area contributed by atoms with Gasteiger partial charge in [0.2, 0.25) is 11.8 Å². The molecule has 0 spiro atoms. The van der Waals surface area contributed by atoms with Gasteiger partial charge < -0.3 is 20.8 Å². The van der Waals surface area contributed by atoms with E-state index >= 15 is 0 Å². The first kappa shape index (κ1) is 13.5. The Bertz CT molecular complexity index is 678. The van der Waals surface area contributed by atoms with Crippen LogP contribution in [0.5, 0.6) is 0 Å².